The summed E-state index contributed by atoms with van der Waals surface area (Å²) in [5.41, 5.74) is 12.8. The highest BCUT2D eigenvalue weighted by Crippen LogP contribution is 2.36. The van der Waals surface area contributed by atoms with Gasteiger partial charge in [-0.25, -0.2) is 15.2 Å². The number of aromatic nitrogens is 3. The van der Waals surface area contributed by atoms with Gasteiger partial charge in [-0.1, -0.05) is 0 Å². The molecule has 1 unspecified atom stereocenters. The third-order valence-electron chi connectivity index (χ3n) is 5.32. The van der Waals surface area contributed by atoms with Crippen molar-refractivity contribution in [2.75, 3.05) is 32.4 Å². The molecule has 1 fully saturated rings. The smallest absolute Gasteiger partial charge is 0.410 e. The minimum Gasteiger partial charge on any atom is -0.444 e. The fourth-order valence-electron chi connectivity index (χ4n) is 3.90. The van der Waals surface area contributed by atoms with Crippen LogP contribution in [0.25, 0.3) is 11.2 Å². The molecule has 0 radical (unpaired) electrons. The van der Waals surface area contributed by atoms with E-state index < -0.39 is 5.60 Å². The molecule has 0 bridgehead atoms. The molecule has 4 heterocycles. The number of carbonyl (C=O) groups excluding carboxylic acids is 1. The van der Waals surface area contributed by atoms with Crippen molar-refractivity contribution in [3.8, 4) is 0 Å². The van der Waals surface area contributed by atoms with Crippen LogP contribution >= 0.6 is 15.9 Å². The molecule has 0 aromatic carbocycles. The van der Waals surface area contributed by atoms with E-state index in [2.05, 4.69) is 26.5 Å². The number of rotatable bonds is 2. The number of ether oxygens (including phenoxy) is 1. The third kappa shape index (κ3) is 3.98. The van der Waals surface area contributed by atoms with Crippen LogP contribution in [0.2, 0.25) is 0 Å². The average Bonchev–Trinajstić information content (AvgIpc) is 3.29. The number of carbonyl (C=O) groups is 1. The maximum Gasteiger partial charge on any atom is 0.410 e. The Morgan fingerprint density at radius 1 is 1.40 bits per heavy atom. The average molecular weight is 478 g/mol. The second-order valence-corrected chi connectivity index (χ2v) is 9.65. The van der Waals surface area contributed by atoms with Gasteiger partial charge >= 0.3 is 6.09 Å². The molecule has 162 valence electrons. The van der Waals surface area contributed by atoms with E-state index in [0.717, 1.165) is 39.8 Å². The Kier molecular flexibility index (Phi) is 5.39. The van der Waals surface area contributed by atoms with E-state index in [1.54, 1.807) is 15.6 Å². The van der Waals surface area contributed by atoms with Gasteiger partial charge in [0, 0.05) is 44.4 Å². The van der Waals surface area contributed by atoms with Crippen molar-refractivity contribution in [2.24, 2.45) is 0 Å². The summed E-state index contributed by atoms with van der Waals surface area (Å²) in [6, 6.07) is 0. The van der Waals surface area contributed by atoms with Crippen LogP contribution in [-0.2, 0) is 4.74 Å². The molecule has 1 atom stereocenters. The van der Waals surface area contributed by atoms with Crippen LogP contribution in [-0.4, -0.2) is 62.9 Å². The number of piperidine rings is 1. The van der Waals surface area contributed by atoms with Crippen molar-refractivity contribution in [1.29, 1.82) is 0 Å². The van der Waals surface area contributed by atoms with Crippen LogP contribution < -0.4 is 11.2 Å². The van der Waals surface area contributed by atoms with Gasteiger partial charge in [-0.2, -0.15) is 9.61 Å². The van der Waals surface area contributed by atoms with Gasteiger partial charge in [0.25, 0.3) is 0 Å². The number of nitrogen functional groups attached to an aromatic ring is 1. The zero-order valence-electron chi connectivity index (χ0n) is 17.8. The molecule has 2 aromatic rings. The van der Waals surface area contributed by atoms with Crippen LogP contribution in [0.1, 0.15) is 50.8 Å². The van der Waals surface area contributed by atoms with Crippen molar-refractivity contribution >= 4 is 39.1 Å². The molecule has 0 saturated carbocycles. The molecule has 10 heteroatoms. The maximum atomic E-state index is 12.6. The quantitative estimate of drug-likeness (QED) is 0.685. The Bertz CT molecular complexity index is 1010. The van der Waals surface area contributed by atoms with Crippen molar-refractivity contribution < 1.29 is 9.53 Å². The van der Waals surface area contributed by atoms with Crippen LogP contribution in [0, 0.1) is 0 Å². The predicted molar refractivity (Wildman–Crippen MR) is 119 cm³/mol. The lowest BCUT2D eigenvalue weighted by Crippen LogP contribution is -2.42. The van der Waals surface area contributed by atoms with E-state index in [1.807, 2.05) is 39.0 Å². The zero-order chi connectivity index (χ0) is 21.6. The summed E-state index contributed by atoms with van der Waals surface area (Å²) in [5.74, 6) is 0.574. The Labute approximate surface area is 184 Å². The van der Waals surface area contributed by atoms with Gasteiger partial charge in [0.2, 0.25) is 0 Å². The third-order valence-corrected chi connectivity index (χ3v) is 6.13. The number of likely N-dealkylation sites (tertiary alicyclic amines) is 1. The minimum absolute atomic E-state index is 0.0639. The normalized spacial score (nSPS) is 20.0. The second kappa shape index (κ2) is 7.73. The van der Waals surface area contributed by atoms with E-state index in [1.165, 1.54) is 0 Å². The number of hydrogen-bond donors (Lipinski definition) is 2. The fourth-order valence-corrected chi connectivity index (χ4v) is 4.48. The summed E-state index contributed by atoms with van der Waals surface area (Å²) >= 11 is 3.63. The summed E-state index contributed by atoms with van der Waals surface area (Å²) in [4.78, 5) is 19.3. The molecule has 1 saturated heterocycles. The number of amides is 1. The second-order valence-electron chi connectivity index (χ2n) is 8.86. The van der Waals surface area contributed by atoms with E-state index in [-0.39, 0.29) is 12.0 Å². The molecule has 9 nitrogen and oxygen atoms in total. The Balaban J connectivity index is 1.67. The first-order valence-electron chi connectivity index (χ1n) is 10.1. The van der Waals surface area contributed by atoms with E-state index in [4.69, 9.17) is 15.5 Å². The number of hydrogen-bond acceptors (Lipinski definition) is 7. The summed E-state index contributed by atoms with van der Waals surface area (Å²) in [5, 5.41) is 6.36. The molecule has 2 aliphatic rings. The van der Waals surface area contributed by atoms with Crippen molar-refractivity contribution in [1.82, 2.24) is 29.9 Å². The van der Waals surface area contributed by atoms with Crippen LogP contribution in [0.15, 0.2) is 16.9 Å². The summed E-state index contributed by atoms with van der Waals surface area (Å²) in [7, 11) is 1.95. The molecule has 2 aliphatic heterocycles. The molecule has 4 rings (SSSR count). The van der Waals surface area contributed by atoms with Gasteiger partial charge in [0.15, 0.2) is 5.65 Å². The van der Waals surface area contributed by atoms with Gasteiger partial charge in [-0.3, -0.25) is 0 Å². The number of fused-ring (bicyclic) bond motifs is 1. The van der Waals surface area contributed by atoms with Gasteiger partial charge < -0.3 is 20.4 Å². The minimum atomic E-state index is -0.519. The maximum absolute atomic E-state index is 12.6. The first kappa shape index (κ1) is 20.9. The van der Waals surface area contributed by atoms with Crippen LogP contribution in [0.3, 0.4) is 0 Å². The molecule has 1 amide bonds. The molecule has 0 aliphatic carbocycles. The lowest BCUT2D eigenvalue weighted by molar-refractivity contribution is 0.0197. The molecule has 3 N–H and O–H groups in total. The molecule has 2 aromatic heterocycles. The number of nitrogens with one attached hydrogen (secondary N) is 1. The summed E-state index contributed by atoms with van der Waals surface area (Å²) in [6.07, 6.45) is 5.36. The number of halogens is 1. The lowest BCUT2D eigenvalue weighted by Gasteiger charge is -2.34. The SMILES string of the molecule is CN1C=C(c2cnn3c(N)c(Br)c(C4CCCN(C(=O)OC(C)(C)C)C4)nc23)CN1. The molecule has 30 heavy (non-hydrogen) atoms. The van der Waals surface area contributed by atoms with E-state index >= 15 is 0 Å². The Hall–Kier alpha value is -2.33. The summed E-state index contributed by atoms with van der Waals surface area (Å²) in [6.45, 7) is 7.58. The van der Waals surface area contributed by atoms with Gasteiger partial charge in [-0.15, -0.1) is 0 Å². The van der Waals surface area contributed by atoms with E-state index in [0.29, 0.717) is 25.5 Å². The van der Waals surface area contributed by atoms with Crippen molar-refractivity contribution in [2.45, 2.75) is 45.1 Å². The molecule has 0 spiro atoms. The van der Waals surface area contributed by atoms with Crippen LogP contribution in [0.5, 0.6) is 0 Å². The van der Waals surface area contributed by atoms with E-state index in [9.17, 15) is 4.79 Å². The topological polar surface area (TPSA) is 101 Å². The lowest BCUT2D eigenvalue weighted by atomic mass is 9.94. The molecular weight excluding hydrogens is 450 g/mol. The highest BCUT2D eigenvalue weighted by molar-refractivity contribution is 9.10. The van der Waals surface area contributed by atoms with Gasteiger partial charge in [0.05, 0.1) is 16.4 Å². The number of hydrazine groups is 1. The van der Waals surface area contributed by atoms with Gasteiger partial charge in [-0.05, 0) is 55.1 Å². The largest absolute Gasteiger partial charge is 0.444 e. The first-order chi connectivity index (χ1) is 14.1. The number of anilines is 1. The zero-order valence-corrected chi connectivity index (χ0v) is 19.4. The van der Waals surface area contributed by atoms with Gasteiger partial charge in [0.1, 0.15) is 11.4 Å². The fraction of sp³-hybridized carbons (Fsp3) is 0.550. The van der Waals surface area contributed by atoms with Crippen LogP contribution in [0.4, 0.5) is 10.6 Å². The molecular formula is C20H28BrN7O2. The first-order valence-corrected chi connectivity index (χ1v) is 10.9. The number of nitrogens with two attached hydrogens (primary N) is 1. The van der Waals surface area contributed by atoms with Crippen molar-refractivity contribution in [3.63, 3.8) is 0 Å². The highest BCUT2D eigenvalue weighted by atomic mass is 79.9. The summed E-state index contributed by atoms with van der Waals surface area (Å²) < 4.78 is 7.96. The monoisotopic (exact) mass is 477 g/mol. The predicted octanol–water partition coefficient (Wildman–Crippen LogP) is 2.98. The Morgan fingerprint density at radius 3 is 2.83 bits per heavy atom. The Morgan fingerprint density at radius 2 is 2.17 bits per heavy atom. The highest BCUT2D eigenvalue weighted by Gasteiger charge is 2.31. The van der Waals surface area contributed by atoms with Crippen molar-refractivity contribution in [3.05, 3.63) is 28.1 Å². The number of nitrogens with zero attached hydrogens (tertiary/aromatic N) is 5. The standard InChI is InChI=1S/C20H28BrN7O2/c1-20(2,3)30-19(29)27-7-5-6-12(11-27)16-15(21)17(22)28-18(25-16)14(9-24-28)13-8-23-26(4)10-13/h9-10,12,23H,5-8,11,22H2,1-4H3.